The molecule has 118 valence electrons. The second-order valence-electron chi connectivity index (χ2n) is 4.80. The van der Waals surface area contributed by atoms with Gasteiger partial charge in [-0.05, 0) is 30.5 Å². The Morgan fingerprint density at radius 3 is 2.33 bits per heavy atom. The molecule has 3 nitrogen and oxygen atoms in total. The fraction of sp³-hybridized carbons (Fsp3) is 0.500. The third-order valence-corrected chi connectivity index (χ3v) is 5.27. The van der Waals surface area contributed by atoms with Crippen molar-refractivity contribution in [2.45, 2.75) is 35.8 Å². The molecule has 0 aromatic heterocycles. The number of rotatable bonds is 5. The summed E-state index contributed by atoms with van der Waals surface area (Å²) in [5.74, 6) is -1.12. The van der Waals surface area contributed by atoms with Gasteiger partial charge in [-0.15, -0.1) is 11.6 Å². The van der Waals surface area contributed by atoms with Crippen molar-refractivity contribution in [3.05, 3.63) is 29.6 Å². The lowest BCUT2D eigenvalue weighted by atomic mass is 10.2. The van der Waals surface area contributed by atoms with Gasteiger partial charge in [0.15, 0.2) is 0 Å². The molecule has 1 fully saturated rings. The van der Waals surface area contributed by atoms with Crippen LogP contribution in [0, 0.1) is 5.82 Å². The zero-order chi connectivity index (χ0) is 15.8. The molecule has 1 aromatic rings. The molecule has 21 heavy (non-hydrogen) atoms. The minimum absolute atomic E-state index is 0.0217. The molecule has 1 aliphatic rings. The highest BCUT2D eigenvalue weighted by atomic mass is 35.5. The molecule has 0 unspecified atom stereocenters. The minimum atomic E-state index is -4.68. The molecule has 0 saturated heterocycles. The highest BCUT2D eigenvalue weighted by Gasteiger charge is 2.45. The monoisotopic (exact) mass is 345 g/mol. The summed E-state index contributed by atoms with van der Waals surface area (Å²) in [7, 11) is -4.53. The highest BCUT2D eigenvalue weighted by Crippen LogP contribution is 2.35. The number of hydrogen-bond acceptors (Lipinski definition) is 2. The maximum atomic E-state index is 13.9. The summed E-state index contributed by atoms with van der Waals surface area (Å²) in [4.78, 5) is -0.757. The summed E-state index contributed by atoms with van der Waals surface area (Å²) < 4.78 is 76.3. The van der Waals surface area contributed by atoms with Crippen LogP contribution in [0.3, 0.4) is 0 Å². The van der Waals surface area contributed by atoms with E-state index >= 15 is 0 Å². The van der Waals surface area contributed by atoms with Crippen molar-refractivity contribution in [2.24, 2.45) is 0 Å². The molecule has 2 rings (SSSR count). The predicted octanol–water partition coefficient (Wildman–Crippen LogP) is 3.28. The summed E-state index contributed by atoms with van der Waals surface area (Å²) in [6, 6.07) is 2.43. The Bertz CT molecular complexity index is 629. The quantitative estimate of drug-likeness (QED) is 0.606. The maximum Gasteiger partial charge on any atom is 0.402 e. The number of alkyl halides is 4. The van der Waals surface area contributed by atoms with Crippen molar-refractivity contribution < 1.29 is 26.0 Å². The highest BCUT2D eigenvalue weighted by molar-refractivity contribution is 7.89. The average molecular weight is 346 g/mol. The minimum Gasteiger partial charge on any atom is -0.207 e. The zero-order valence-electron chi connectivity index (χ0n) is 10.7. The lowest BCUT2D eigenvalue weighted by Crippen LogP contribution is -2.40. The molecular weight excluding hydrogens is 334 g/mol. The standard InChI is InChI=1S/C12H12ClF4NO2S/c13-6-8-1-4-11(10(14)5-8)21(19,20)18(9-2-3-9)7-12(15,16)17/h1,4-5,9H,2-3,6-7H2. The SMILES string of the molecule is O=S(=O)(c1ccc(CCl)cc1F)N(CC(F)(F)F)C1CC1. The molecule has 1 saturated carbocycles. The van der Waals surface area contributed by atoms with E-state index in [9.17, 15) is 26.0 Å². The summed E-state index contributed by atoms with van der Waals surface area (Å²) in [5, 5.41) is 0. The Balaban J connectivity index is 2.39. The van der Waals surface area contributed by atoms with Crippen LogP contribution in [0.2, 0.25) is 0 Å². The van der Waals surface area contributed by atoms with Crippen LogP contribution in [0.25, 0.3) is 0 Å². The van der Waals surface area contributed by atoms with Gasteiger partial charge in [-0.3, -0.25) is 0 Å². The van der Waals surface area contributed by atoms with Crippen LogP contribution in [0.1, 0.15) is 18.4 Å². The van der Waals surface area contributed by atoms with Gasteiger partial charge in [0.25, 0.3) is 0 Å². The van der Waals surface area contributed by atoms with Crippen molar-refractivity contribution in [2.75, 3.05) is 6.54 Å². The van der Waals surface area contributed by atoms with Crippen molar-refractivity contribution in [1.29, 1.82) is 0 Å². The molecule has 0 heterocycles. The van der Waals surface area contributed by atoms with E-state index in [4.69, 9.17) is 11.6 Å². The van der Waals surface area contributed by atoms with E-state index in [0.29, 0.717) is 22.7 Å². The number of hydrogen-bond donors (Lipinski definition) is 0. The van der Waals surface area contributed by atoms with Gasteiger partial charge in [-0.1, -0.05) is 6.07 Å². The van der Waals surface area contributed by atoms with Gasteiger partial charge in [0.2, 0.25) is 10.0 Å². The van der Waals surface area contributed by atoms with E-state index in [2.05, 4.69) is 0 Å². The van der Waals surface area contributed by atoms with E-state index in [1.807, 2.05) is 0 Å². The molecule has 0 bridgehead atoms. The molecule has 1 aromatic carbocycles. The van der Waals surface area contributed by atoms with E-state index in [0.717, 1.165) is 12.1 Å². The maximum absolute atomic E-state index is 13.9. The molecule has 0 N–H and O–H groups in total. The first-order valence-corrected chi connectivity index (χ1v) is 8.05. The fourth-order valence-corrected chi connectivity index (χ4v) is 3.80. The third-order valence-electron chi connectivity index (χ3n) is 3.03. The Labute approximate surface area is 124 Å². The third kappa shape index (κ3) is 3.87. The van der Waals surface area contributed by atoms with Crippen LogP contribution in [-0.2, 0) is 15.9 Å². The summed E-state index contributed by atoms with van der Waals surface area (Å²) in [6.07, 6.45) is -3.99. The molecule has 1 aliphatic carbocycles. The van der Waals surface area contributed by atoms with Crippen molar-refractivity contribution in [3.63, 3.8) is 0 Å². The lowest BCUT2D eigenvalue weighted by molar-refractivity contribution is -0.137. The van der Waals surface area contributed by atoms with Crippen molar-refractivity contribution in [3.8, 4) is 0 Å². The van der Waals surface area contributed by atoms with E-state index in [1.54, 1.807) is 0 Å². The lowest BCUT2D eigenvalue weighted by Gasteiger charge is -2.23. The number of benzene rings is 1. The topological polar surface area (TPSA) is 37.4 Å². The van der Waals surface area contributed by atoms with Gasteiger partial charge in [0.05, 0.1) is 0 Å². The molecule has 0 aliphatic heterocycles. The Morgan fingerprint density at radius 1 is 1.29 bits per heavy atom. The Morgan fingerprint density at radius 2 is 1.90 bits per heavy atom. The first kappa shape index (κ1) is 16.5. The van der Waals surface area contributed by atoms with Crippen LogP contribution in [0.15, 0.2) is 23.1 Å². The summed E-state index contributed by atoms with van der Waals surface area (Å²) in [5.41, 5.74) is 0.349. The number of nitrogens with zero attached hydrogens (tertiary/aromatic N) is 1. The van der Waals surface area contributed by atoms with Crippen LogP contribution < -0.4 is 0 Å². The summed E-state index contributed by atoms with van der Waals surface area (Å²) >= 11 is 5.50. The first-order valence-electron chi connectivity index (χ1n) is 6.08. The first-order chi connectivity index (χ1) is 9.65. The van der Waals surface area contributed by atoms with Gasteiger partial charge in [0, 0.05) is 11.9 Å². The largest absolute Gasteiger partial charge is 0.402 e. The van der Waals surface area contributed by atoms with Crippen molar-refractivity contribution >= 4 is 21.6 Å². The van der Waals surface area contributed by atoms with Crippen molar-refractivity contribution in [1.82, 2.24) is 4.31 Å². The molecule has 0 radical (unpaired) electrons. The van der Waals surface area contributed by atoms with Crippen LogP contribution in [0.4, 0.5) is 17.6 Å². The van der Waals surface area contributed by atoms with E-state index in [-0.39, 0.29) is 5.88 Å². The van der Waals surface area contributed by atoms with Crippen LogP contribution in [-0.4, -0.2) is 31.5 Å². The van der Waals surface area contributed by atoms with Crippen LogP contribution >= 0.6 is 11.6 Å². The average Bonchev–Trinajstić information content (AvgIpc) is 3.18. The Kier molecular flexibility index (Phi) is 4.51. The molecule has 9 heteroatoms. The van der Waals surface area contributed by atoms with Gasteiger partial charge in [-0.2, -0.15) is 17.5 Å². The zero-order valence-corrected chi connectivity index (χ0v) is 12.3. The molecular formula is C12H12ClF4NO2S. The number of halogens is 5. The molecule has 0 amide bonds. The van der Waals surface area contributed by atoms with Gasteiger partial charge in [-0.25, -0.2) is 12.8 Å². The van der Waals surface area contributed by atoms with Gasteiger partial charge < -0.3 is 0 Å². The fourth-order valence-electron chi connectivity index (χ4n) is 1.91. The predicted molar refractivity (Wildman–Crippen MR) is 68.9 cm³/mol. The van der Waals surface area contributed by atoms with E-state index < -0.39 is 39.5 Å². The Hall–Kier alpha value is -0.860. The van der Waals surface area contributed by atoms with E-state index in [1.165, 1.54) is 6.07 Å². The second kappa shape index (κ2) is 5.73. The summed E-state index contributed by atoms with van der Waals surface area (Å²) in [6.45, 7) is -1.61. The van der Waals surface area contributed by atoms with Gasteiger partial charge >= 0.3 is 6.18 Å². The van der Waals surface area contributed by atoms with Gasteiger partial charge in [0.1, 0.15) is 17.3 Å². The second-order valence-corrected chi connectivity index (χ2v) is 6.92. The molecule has 0 atom stereocenters. The normalized spacial score (nSPS) is 16.5. The molecule has 0 spiro atoms. The smallest absolute Gasteiger partial charge is 0.207 e. The van der Waals surface area contributed by atoms with Crippen LogP contribution in [0.5, 0.6) is 0 Å². The number of sulfonamides is 1.